The smallest absolute Gasteiger partial charge is 0.355 e. The van der Waals surface area contributed by atoms with E-state index in [0.717, 1.165) is 56.9 Å². The van der Waals surface area contributed by atoms with Crippen LogP contribution in [0.3, 0.4) is 0 Å². The monoisotopic (exact) mass is 451 g/mol. The molecule has 3 saturated heterocycles. The zero-order valence-electron chi connectivity index (χ0n) is 17.0. The minimum atomic E-state index is -4.23. The van der Waals surface area contributed by atoms with Crippen molar-refractivity contribution < 1.29 is 18.0 Å². The molecule has 6 nitrogen and oxygen atoms in total. The van der Waals surface area contributed by atoms with Gasteiger partial charge in [-0.25, -0.2) is 9.97 Å². The summed E-state index contributed by atoms with van der Waals surface area (Å²) in [5.74, 6) is 0.941. The average Bonchev–Trinajstić information content (AvgIpc) is 3.04. The molecule has 1 atom stereocenters. The first kappa shape index (κ1) is 19.7. The summed E-state index contributed by atoms with van der Waals surface area (Å²) >= 11 is 1.08. The van der Waals surface area contributed by atoms with Crippen LogP contribution in [0.1, 0.15) is 30.6 Å². The molecule has 31 heavy (non-hydrogen) atoms. The van der Waals surface area contributed by atoms with Crippen LogP contribution < -0.4 is 10.2 Å². The van der Waals surface area contributed by atoms with E-state index in [9.17, 15) is 18.0 Å². The normalized spacial score (nSPS) is 26.2. The summed E-state index contributed by atoms with van der Waals surface area (Å²) in [6.07, 6.45) is 0.675. The minimum absolute atomic E-state index is 0.0308. The molecule has 4 aliphatic rings. The molecule has 2 aromatic rings. The molecule has 1 unspecified atom stereocenters. The second-order valence-corrected chi connectivity index (χ2v) is 11.0. The Morgan fingerprint density at radius 3 is 2.71 bits per heavy atom. The number of carbonyl (C=O) groups is 1. The zero-order valence-corrected chi connectivity index (χ0v) is 17.9. The minimum Gasteiger partial charge on any atom is -0.355 e. The van der Waals surface area contributed by atoms with Gasteiger partial charge in [0.2, 0.25) is 5.91 Å². The summed E-state index contributed by atoms with van der Waals surface area (Å²) in [5, 5.41) is 4.11. The number of nitrogens with zero attached hydrogens (tertiary/aromatic N) is 4. The zero-order chi connectivity index (χ0) is 21.4. The van der Waals surface area contributed by atoms with E-state index in [1.807, 2.05) is 4.90 Å². The Morgan fingerprint density at radius 1 is 1.19 bits per heavy atom. The third-order valence-corrected chi connectivity index (χ3v) is 8.50. The number of nitrogens with one attached hydrogen (secondary N) is 1. The van der Waals surface area contributed by atoms with E-state index in [0.29, 0.717) is 21.4 Å². The molecule has 6 rings (SSSR count). The number of alkyl halides is 3. The number of fused-ring (bicyclic) bond motifs is 1. The third kappa shape index (κ3) is 3.47. The first-order chi connectivity index (χ1) is 14.7. The van der Waals surface area contributed by atoms with E-state index in [1.165, 1.54) is 19.2 Å². The lowest BCUT2D eigenvalue weighted by Gasteiger charge is -2.48. The van der Waals surface area contributed by atoms with Crippen molar-refractivity contribution in [1.82, 2.24) is 20.2 Å². The molecule has 5 heterocycles. The summed E-state index contributed by atoms with van der Waals surface area (Å²) in [4.78, 5) is 26.4. The molecule has 10 heteroatoms. The molecule has 0 aromatic carbocycles. The van der Waals surface area contributed by atoms with Gasteiger partial charge in [-0.05, 0) is 37.2 Å². The maximum Gasteiger partial charge on any atom is 0.393 e. The molecule has 2 spiro atoms. The predicted octanol–water partition coefficient (Wildman–Crippen LogP) is 2.98. The van der Waals surface area contributed by atoms with Crippen molar-refractivity contribution in [2.24, 2.45) is 10.8 Å². The van der Waals surface area contributed by atoms with Gasteiger partial charge in [-0.3, -0.25) is 4.79 Å². The number of aromatic nitrogens is 2. The Balaban J connectivity index is 1.13. The first-order valence-corrected chi connectivity index (χ1v) is 11.6. The highest BCUT2D eigenvalue weighted by molar-refractivity contribution is 7.18. The average molecular weight is 452 g/mol. The molecule has 1 amide bonds. The van der Waals surface area contributed by atoms with Crippen LogP contribution in [0.25, 0.3) is 10.2 Å². The lowest BCUT2D eigenvalue weighted by molar-refractivity contribution is -0.144. The van der Waals surface area contributed by atoms with Gasteiger partial charge >= 0.3 is 6.18 Å². The fourth-order valence-electron chi connectivity index (χ4n) is 5.59. The highest BCUT2D eigenvalue weighted by Gasteiger charge is 2.54. The molecule has 0 bridgehead atoms. The first-order valence-electron chi connectivity index (χ1n) is 10.8. The van der Waals surface area contributed by atoms with Crippen LogP contribution in [-0.2, 0) is 11.2 Å². The van der Waals surface area contributed by atoms with Gasteiger partial charge in [-0.15, -0.1) is 11.3 Å². The van der Waals surface area contributed by atoms with Crippen molar-refractivity contribution >= 4 is 33.3 Å². The van der Waals surface area contributed by atoms with E-state index in [1.54, 1.807) is 6.07 Å². The van der Waals surface area contributed by atoms with Crippen LogP contribution in [-0.4, -0.2) is 65.7 Å². The number of thiophene rings is 1. The number of rotatable bonds is 3. The Hall–Kier alpha value is -1.94. The number of anilines is 1. The molecule has 1 saturated carbocycles. The van der Waals surface area contributed by atoms with Gasteiger partial charge in [0, 0.05) is 43.0 Å². The summed E-state index contributed by atoms with van der Waals surface area (Å²) < 4.78 is 38.4. The third-order valence-electron chi connectivity index (χ3n) is 7.45. The molecule has 1 N–H and O–H groups in total. The van der Waals surface area contributed by atoms with Crippen LogP contribution in [0.15, 0.2) is 12.4 Å². The number of likely N-dealkylation sites (tertiary alicyclic amines) is 1. The van der Waals surface area contributed by atoms with E-state index in [-0.39, 0.29) is 22.2 Å². The maximum atomic E-state index is 12.9. The van der Waals surface area contributed by atoms with E-state index < -0.39 is 12.6 Å². The summed E-state index contributed by atoms with van der Waals surface area (Å²) in [6, 6.07) is 1.56. The molecular formula is C21H24F3N5OS. The largest absolute Gasteiger partial charge is 0.393 e. The predicted molar refractivity (Wildman–Crippen MR) is 111 cm³/mol. The fourth-order valence-corrected chi connectivity index (χ4v) is 6.61. The fraction of sp³-hybridized carbons (Fsp3) is 0.667. The Kier molecular flexibility index (Phi) is 4.16. The number of hydrogen-bond donors (Lipinski definition) is 1. The molecule has 1 aliphatic carbocycles. The molecule has 166 valence electrons. The van der Waals surface area contributed by atoms with Gasteiger partial charge in [0.1, 0.15) is 17.0 Å². The van der Waals surface area contributed by atoms with Gasteiger partial charge < -0.3 is 15.1 Å². The van der Waals surface area contributed by atoms with Crippen LogP contribution in [0.5, 0.6) is 0 Å². The summed E-state index contributed by atoms with van der Waals surface area (Å²) in [5.41, 5.74) is 0.463. The van der Waals surface area contributed by atoms with E-state index in [2.05, 4.69) is 20.2 Å². The quantitative estimate of drug-likeness (QED) is 0.778. The maximum absolute atomic E-state index is 12.9. The second-order valence-electron chi connectivity index (χ2n) is 9.92. The molecule has 0 radical (unpaired) electrons. The van der Waals surface area contributed by atoms with Gasteiger partial charge in [-0.1, -0.05) is 0 Å². The molecule has 2 aromatic heterocycles. The van der Waals surface area contributed by atoms with Gasteiger partial charge in [0.15, 0.2) is 0 Å². The highest BCUT2D eigenvalue weighted by atomic mass is 32.1. The highest BCUT2D eigenvalue weighted by Crippen LogP contribution is 2.52. The molecule has 3 aliphatic heterocycles. The van der Waals surface area contributed by atoms with Gasteiger partial charge in [0.05, 0.1) is 17.8 Å². The van der Waals surface area contributed by atoms with E-state index >= 15 is 0 Å². The van der Waals surface area contributed by atoms with Gasteiger partial charge in [0.25, 0.3) is 0 Å². The van der Waals surface area contributed by atoms with Crippen LogP contribution in [0.2, 0.25) is 0 Å². The lowest BCUT2D eigenvalue weighted by Crippen LogP contribution is -2.62. The Labute approximate surface area is 181 Å². The van der Waals surface area contributed by atoms with Crippen molar-refractivity contribution in [3.63, 3.8) is 0 Å². The lowest BCUT2D eigenvalue weighted by atomic mass is 9.78. The van der Waals surface area contributed by atoms with Crippen molar-refractivity contribution in [3.8, 4) is 0 Å². The molecule has 4 fully saturated rings. The summed E-state index contributed by atoms with van der Waals surface area (Å²) in [7, 11) is 0. The van der Waals surface area contributed by atoms with Crippen molar-refractivity contribution in [2.45, 2.75) is 44.3 Å². The van der Waals surface area contributed by atoms with Crippen LogP contribution >= 0.6 is 11.3 Å². The van der Waals surface area contributed by atoms with E-state index in [4.69, 9.17) is 0 Å². The second kappa shape index (κ2) is 6.54. The van der Waals surface area contributed by atoms with Crippen LogP contribution in [0, 0.1) is 10.8 Å². The SMILES string of the molecule is O=C(C1CC2(CC2)CN1)N1CC2(CCN(c3ncnc4sc(CC(F)(F)F)cc34)C2)C1. The Morgan fingerprint density at radius 2 is 2.00 bits per heavy atom. The van der Waals surface area contributed by atoms with Crippen LogP contribution in [0.4, 0.5) is 19.0 Å². The van der Waals surface area contributed by atoms with Gasteiger partial charge in [-0.2, -0.15) is 13.2 Å². The number of halogens is 3. The van der Waals surface area contributed by atoms with Crippen molar-refractivity contribution in [1.29, 1.82) is 0 Å². The molecular weight excluding hydrogens is 427 g/mol. The standard InChI is InChI=1S/C21H24F3N5OS/c22-21(23,24)6-13-5-14-16(26-12-27-17(14)31-13)28-4-3-20(9-28)10-29(11-20)18(30)15-7-19(1-2-19)8-25-15/h5,12,15,25H,1-4,6-11H2. The number of amides is 1. The van der Waals surface area contributed by atoms with Crippen molar-refractivity contribution in [3.05, 3.63) is 17.3 Å². The number of carbonyl (C=O) groups excluding carboxylic acids is 1. The summed E-state index contributed by atoms with van der Waals surface area (Å²) in [6.45, 7) is 4.05. The van der Waals surface area contributed by atoms with Crippen molar-refractivity contribution in [2.75, 3.05) is 37.6 Å². The topological polar surface area (TPSA) is 61.4 Å². The number of hydrogen-bond acceptors (Lipinski definition) is 6. The Bertz CT molecular complexity index is 1040.